The second kappa shape index (κ2) is 15.3. The predicted molar refractivity (Wildman–Crippen MR) is 163 cm³/mol. The molecule has 8 nitrogen and oxygen atoms in total. The van der Waals surface area contributed by atoms with Crippen molar-refractivity contribution in [3.8, 4) is 0 Å². The maximum atomic E-state index is 13.8. The molecule has 1 fully saturated rings. The molecule has 1 heterocycles. The van der Waals surface area contributed by atoms with Crippen molar-refractivity contribution in [1.82, 2.24) is 14.5 Å². The highest BCUT2D eigenvalue weighted by Gasteiger charge is 2.30. The lowest BCUT2D eigenvalue weighted by Crippen LogP contribution is -2.50. The number of aliphatic hydroxyl groups is 1. The van der Waals surface area contributed by atoms with Crippen molar-refractivity contribution in [3.63, 3.8) is 0 Å². The van der Waals surface area contributed by atoms with E-state index in [-0.39, 0.29) is 36.3 Å². The van der Waals surface area contributed by atoms with Crippen molar-refractivity contribution >= 4 is 33.4 Å². The van der Waals surface area contributed by atoms with Gasteiger partial charge in [0.1, 0.15) is 6.04 Å². The molecule has 42 heavy (non-hydrogen) atoms. The molecule has 4 rings (SSSR count). The number of rotatable bonds is 14. The molecule has 2 amide bonds. The topological polar surface area (TPSA) is 107 Å². The quantitative estimate of drug-likeness (QED) is 0.266. The molecule has 1 saturated heterocycles. The maximum absolute atomic E-state index is 13.8. The molecule has 1 aliphatic heterocycles. The van der Waals surface area contributed by atoms with Crippen LogP contribution >= 0.6 is 11.6 Å². The average molecular weight is 612 g/mol. The third-order valence-corrected chi connectivity index (χ3v) is 9.59. The number of carbonyl (C=O) groups excluding carboxylic acids is 2. The van der Waals surface area contributed by atoms with Gasteiger partial charge >= 0.3 is 0 Å². The summed E-state index contributed by atoms with van der Waals surface area (Å²) in [6, 6.07) is 22.7. The van der Waals surface area contributed by atoms with Crippen LogP contribution in [0.3, 0.4) is 0 Å². The highest BCUT2D eigenvalue weighted by Crippen LogP contribution is 2.22. The normalized spacial score (nSPS) is 14.4. The van der Waals surface area contributed by atoms with Crippen LogP contribution in [-0.4, -0.2) is 66.8 Å². The van der Waals surface area contributed by atoms with E-state index < -0.39 is 16.1 Å². The summed E-state index contributed by atoms with van der Waals surface area (Å²) in [5, 5.41) is 12.7. The zero-order valence-electron chi connectivity index (χ0n) is 23.6. The fourth-order valence-corrected chi connectivity index (χ4v) is 6.69. The molecule has 0 aromatic heterocycles. The van der Waals surface area contributed by atoms with E-state index in [0.29, 0.717) is 43.9 Å². The van der Waals surface area contributed by atoms with Crippen molar-refractivity contribution in [3.05, 3.63) is 101 Å². The van der Waals surface area contributed by atoms with Crippen LogP contribution in [0.5, 0.6) is 0 Å². The van der Waals surface area contributed by atoms with Crippen LogP contribution in [-0.2, 0) is 39.0 Å². The largest absolute Gasteiger partial charge is 0.396 e. The predicted octanol–water partition coefficient (Wildman–Crippen LogP) is 4.20. The lowest BCUT2D eigenvalue weighted by Gasteiger charge is -2.31. The molecule has 0 spiro atoms. The van der Waals surface area contributed by atoms with Gasteiger partial charge in [-0.1, -0.05) is 66.2 Å². The molecule has 224 valence electrons. The standard InChI is InChI=1S/C32H38ClN3O5S/c33-28-14-9-27(10-15-28)24-36(30(32(39)34-19-6-22-37)23-26-7-2-1-3-8-26)31(38)18-13-25-11-16-29(17-12-25)42(40,41)35-20-4-5-21-35/h1-3,7-12,14-17,30,37H,4-6,13,18-24H2,(H,34,39)/t30-/m0/s1. The van der Waals surface area contributed by atoms with Crippen molar-refractivity contribution in [2.24, 2.45) is 0 Å². The van der Waals surface area contributed by atoms with Crippen LogP contribution in [0.4, 0.5) is 0 Å². The molecule has 0 unspecified atom stereocenters. The minimum atomic E-state index is -3.51. The minimum Gasteiger partial charge on any atom is -0.396 e. The number of halogens is 1. The number of nitrogens with zero attached hydrogens (tertiary/aromatic N) is 2. The van der Waals surface area contributed by atoms with Gasteiger partial charge in [0.2, 0.25) is 21.8 Å². The first kappa shape index (κ1) is 31.7. The van der Waals surface area contributed by atoms with Gasteiger partial charge in [0.05, 0.1) is 4.90 Å². The highest BCUT2D eigenvalue weighted by atomic mass is 35.5. The first-order valence-electron chi connectivity index (χ1n) is 14.3. The number of nitrogens with one attached hydrogen (secondary N) is 1. The molecule has 0 saturated carbocycles. The summed E-state index contributed by atoms with van der Waals surface area (Å²) in [7, 11) is -3.51. The fourth-order valence-electron chi connectivity index (χ4n) is 5.05. The Morgan fingerprint density at radius 1 is 0.905 bits per heavy atom. The van der Waals surface area contributed by atoms with E-state index in [9.17, 15) is 23.1 Å². The van der Waals surface area contributed by atoms with Gasteiger partial charge in [0, 0.05) is 50.7 Å². The number of aliphatic hydroxyl groups excluding tert-OH is 1. The summed E-state index contributed by atoms with van der Waals surface area (Å²) in [4.78, 5) is 29.2. The Balaban J connectivity index is 1.54. The zero-order valence-corrected chi connectivity index (χ0v) is 25.2. The smallest absolute Gasteiger partial charge is 0.243 e. The summed E-state index contributed by atoms with van der Waals surface area (Å²) in [6.07, 6.45) is 3.02. The Morgan fingerprint density at radius 3 is 2.19 bits per heavy atom. The molecule has 3 aromatic carbocycles. The van der Waals surface area contributed by atoms with Gasteiger partial charge in [-0.3, -0.25) is 9.59 Å². The van der Waals surface area contributed by atoms with Crippen LogP contribution in [0.25, 0.3) is 0 Å². The number of amides is 2. The number of hydrogen-bond donors (Lipinski definition) is 2. The SMILES string of the molecule is O=C(NCCCO)[C@H](Cc1ccccc1)N(Cc1ccc(Cl)cc1)C(=O)CCc1ccc(S(=O)(=O)N2CCCC2)cc1. The molecular weight excluding hydrogens is 574 g/mol. The van der Waals surface area contributed by atoms with Crippen LogP contribution in [0, 0.1) is 0 Å². The number of hydrogen-bond acceptors (Lipinski definition) is 5. The fraction of sp³-hybridized carbons (Fsp3) is 0.375. The Hall–Kier alpha value is -3.24. The highest BCUT2D eigenvalue weighted by molar-refractivity contribution is 7.89. The molecule has 0 radical (unpaired) electrons. The van der Waals surface area contributed by atoms with Crippen molar-refractivity contribution in [2.45, 2.75) is 56.0 Å². The number of sulfonamides is 1. The summed E-state index contributed by atoms with van der Waals surface area (Å²) in [5.74, 6) is -0.483. The van der Waals surface area contributed by atoms with Crippen molar-refractivity contribution < 1.29 is 23.1 Å². The molecule has 1 aliphatic rings. The van der Waals surface area contributed by atoms with E-state index in [4.69, 9.17) is 11.6 Å². The van der Waals surface area contributed by atoms with Gasteiger partial charge in [-0.15, -0.1) is 0 Å². The Bertz CT molecular complexity index is 1410. The van der Waals surface area contributed by atoms with Crippen molar-refractivity contribution in [2.75, 3.05) is 26.2 Å². The summed E-state index contributed by atoms with van der Waals surface area (Å²) in [5.41, 5.74) is 2.59. The zero-order chi connectivity index (χ0) is 30.0. The minimum absolute atomic E-state index is 0.0465. The second-order valence-electron chi connectivity index (χ2n) is 10.5. The van der Waals surface area contributed by atoms with E-state index in [0.717, 1.165) is 29.5 Å². The monoisotopic (exact) mass is 611 g/mol. The van der Waals surface area contributed by atoms with Crippen molar-refractivity contribution in [1.29, 1.82) is 0 Å². The van der Waals surface area contributed by atoms with E-state index in [1.165, 1.54) is 4.31 Å². The maximum Gasteiger partial charge on any atom is 0.243 e. The number of aryl methyl sites for hydroxylation is 1. The number of benzene rings is 3. The van der Waals surface area contributed by atoms with E-state index in [1.807, 2.05) is 42.5 Å². The summed E-state index contributed by atoms with van der Waals surface area (Å²) in [6.45, 7) is 1.55. The lowest BCUT2D eigenvalue weighted by atomic mass is 10.0. The van der Waals surface area contributed by atoms with Gasteiger partial charge < -0.3 is 15.3 Å². The van der Waals surface area contributed by atoms with Gasteiger partial charge in [0.15, 0.2) is 0 Å². The molecule has 0 bridgehead atoms. The Kier molecular flexibility index (Phi) is 11.5. The number of carbonyl (C=O) groups is 2. The molecular formula is C32H38ClN3O5S. The van der Waals surface area contributed by atoms with Crippen LogP contribution in [0.15, 0.2) is 83.8 Å². The Labute approximate surface area is 253 Å². The molecule has 2 N–H and O–H groups in total. The first-order chi connectivity index (χ1) is 20.3. The third-order valence-electron chi connectivity index (χ3n) is 7.43. The molecule has 10 heteroatoms. The van der Waals surface area contributed by atoms with E-state index >= 15 is 0 Å². The van der Waals surface area contributed by atoms with Gasteiger partial charge in [-0.2, -0.15) is 4.31 Å². The second-order valence-corrected chi connectivity index (χ2v) is 12.9. The summed E-state index contributed by atoms with van der Waals surface area (Å²) < 4.78 is 27.3. The first-order valence-corrected chi connectivity index (χ1v) is 16.2. The van der Waals surface area contributed by atoms with E-state index in [2.05, 4.69) is 5.32 Å². The summed E-state index contributed by atoms with van der Waals surface area (Å²) >= 11 is 6.09. The average Bonchev–Trinajstić information content (AvgIpc) is 3.56. The lowest BCUT2D eigenvalue weighted by molar-refractivity contribution is -0.141. The van der Waals surface area contributed by atoms with Crippen LogP contribution in [0.1, 0.15) is 42.4 Å². The van der Waals surface area contributed by atoms with Crippen LogP contribution in [0.2, 0.25) is 5.02 Å². The Morgan fingerprint density at radius 2 is 1.55 bits per heavy atom. The third kappa shape index (κ3) is 8.64. The molecule has 0 aliphatic carbocycles. The van der Waals surface area contributed by atoms with Crippen LogP contribution < -0.4 is 5.32 Å². The van der Waals surface area contributed by atoms with E-state index in [1.54, 1.807) is 41.3 Å². The van der Waals surface area contributed by atoms with Gasteiger partial charge in [0.25, 0.3) is 0 Å². The molecule has 1 atom stereocenters. The van der Waals surface area contributed by atoms with Gasteiger partial charge in [-0.25, -0.2) is 8.42 Å². The van der Waals surface area contributed by atoms with Gasteiger partial charge in [-0.05, 0) is 66.6 Å². The molecule has 3 aromatic rings.